The van der Waals surface area contributed by atoms with Crippen LogP contribution in [0.2, 0.25) is 0 Å². The number of benzene rings is 1. The van der Waals surface area contributed by atoms with E-state index in [1.165, 1.54) is 70.6 Å². The number of hydrogen-bond acceptors (Lipinski definition) is 4. The molecule has 2 N–H and O–H groups in total. The fraction of sp³-hybridized carbons (Fsp3) is 0.750. The molecule has 190 valence electrons. The number of para-hydroxylation sites is 1. The van der Waals surface area contributed by atoms with Crippen molar-refractivity contribution in [1.29, 1.82) is 0 Å². The smallest absolute Gasteiger partial charge is 0.407 e. The highest BCUT2D eigenvalue weighted by Crippen LogP contribution is 2.21. The summed E-state index contributed by atoms with van der Waals surface area (Å²) in [6, 6.07) is 7.43. The summed E-state index contributed by atoms with van der Waals surface area (Å²) in [5.41, 5.74) is 0.408. The summed E-state index contributed by atoms with van der Waals surface area (Å²) in [5, 5.41) is 12.5. The predicted octanol–water partition coefficient (Wildman–Crippen LogP) is 7.19. The highest BCUT2D eigenvalue weighted by atomic mass is 16.6. The maximum absolute atomic E-state index is 12.0. The van der Waals surface area contributed by atoms with Crippen molar-refractivity contribution >= 4 is 6.09 Å². The van der Waals surface area contributed by atoms with Crippen LogP contribution < -0.4 is 10.1 Å². The Bertz CT molecular complexity index is 627. The van der Waals surface area contributed by atoms with E-state index in [1.807, 2.05) is 45.0 Å². The molecule has 5 heteroatoms. The third kappa shape index (κ3) is 15.7. The predicted molar refractivity (Wildman–Crippen MR) is 137 cm³/mol. The molecule has 0 aliphatic heterocycles. The molecule has 0 aliphatic carbocycles. The molecular weight excluding hydrogens is 414 g/mol. The van der Waals surface area contributed by atoms with Gasteiger partial charge in [0.05, 0.1) is 19.3 Å². The molecule has 1 aromatic carbocycles. The van der Waals surface area contributed by atoms with Crippen molar-refractivity contribution in [3.05, 3.63) is 29.8 Å². The van der Waals surface area contributed by atoms with Gasteiger partial charge in [-0.25, -0.2) is 4.79 Å². The second-order valence-corrected chi connectivity index (χ2v) is 10.1. The maximum Gasteiger partial charge on any atom is 0.407 e. The molecule has 0 spiro atoms. The Kier molecular flexibility index (Phi) is 15.7. The van der Waals surface area contributed by atoms with E-state index in [4.69, 9.17) is 9.47 Å². The highest BCUT2D eigenvalue weighted by Gasteiger charge is 2.20. The summed E-state index contributed by atoms with van der Waals surface area (Å²) in [7, 11) is 0. The monoisotopic (exact) mass is 463 g/mol. The molecule has 1 amide bonds. The lowest BCUT2D eigenvalue weighted by atomic mass is 10.0. The Labute approximate surface area is 202 Å². The van der Waals surface area contributed by atoms with Gasteiger partial charge in [-0.2, -0.15) is 0 Å². The fourth-order valence-corrected chi connectivity index (χ4v) is 3.84. The van der Waals surface area contributed by atoms with Gasteiger partial charge in [0.15, 0.2) is 0 Å². The first kappa shape index (κ1) is 29.3. The van der Waals surface area contributed by atoms with Gasteiger partial charge in [-0.1, -0.05) is 95.8 Å². The van der Waals surface area contributed by atoms with Crippen LogP contribution in [0, 0.1) is 0 Å². The zero-order valence-electron chi connectivity index (χ0n) is 21.7. The van der Waals surface area contributed by atoms with Gasteiger partial charge in [0, 0.05) is 0 Å². The van der Waals surface area contributed by atoms with Gasteiger partial charge >= 0.3 is 6.09 Å². The van der Waals surface area contributed by atoms with Crippen LogP contribution in [0.3, 0.4) is 0 Å². The summed E-state index contributed by atoms with van der Waals surface area (Å²) in [5.74, 6) is 0.824. The molecule has 5 nitrogen and oxygen atoms in total. The van der Waals surface area contributed by atoms with Gasteiger partial charge in [0.25, 0.3) is 0 Å². The molecule has 0 saturated heterocycles. The molecule has 0 fully saturated rings. The van der Waals surface area contributed by atoms with Gasteiger partial charge in [0.2, 0.25) is 0 Å². The van der Waals surface area contributed by atoms with Gasteiger partial charge in [-0.15, -0.1) is 0 Å². The van der Waals surface area contributed by atoms with E-state index in [1.54, 1.807) is 0 Å². The number of alkyl carbamates (subject to hydrolysis) is 1. The van der Waals surface area contributed by atoms with E-state index in [2.05, 4.69) is 12.2 Å². The number of amides is 1. The van der Waals surface area contributed by atoms with Crippen LogP contribution >= 0.6 is 0 Å². The van der Waals surface area contributed by atoms with E-state index >= 15 is 0 Å². The molecule has 1 unspecified atom stereocenters. The lowest BCUT2D eigenvalue weighted by Crippen LogP contribution is -2.42. The van der Waals surface area contributed by atoms with Gasteiger partial charge in [-0.3, -0.25) is 0 Å². The Morgan fingerprint density at radius 2 is 1.45 bits per heavy atom. The standard InChI is InChI=1S/C28H49NO4/c1-5-6-7-8-9-10-11-12-13-14-15-18-21-32-26-20-17-16-19-24(26)22-25(23-30)29-27(31)33-28(2,3)4/h16-17,19-20,25,30H,5-15,18,21-23H2,1-4H3,(H,29,31). The van der Waals surface area contributed by atoms with Crippen molar-refractivity contribution in [2.24, 2.45) is 0 Å². The minimum absolute atomic E-state index is 0.160. The Hall–Kier alpha value is -1.75. The maximum atomic E-state index is 12.0. The quantitative estimate of drug-likeness (QED) is 0.226. The van der Waals surface area contributed by atoms with Crippen molar-refractivity contribution in [1.82, 2.24) is 5.32 Å². The summed E-state index contributed by atoms with van der Waals surface area (Å²) >= 11 is 0. The lowest BCUT2D eigenvalue weighted by molar-refractivity contribution is 0.0482. The van der Waals surface area contributed by atoms with Crippen LogP contribution in [0.1, 0.15) is 110 Å². The van der Waals surface area contributed by atoms with Crippen molar-refractivity contribution < 1.29 is 19.4 Å². The number of aliphatic hydroxyl groups excluding tert-OH is 1. The minimum atomic E-state index is -0.570. The number of carbonyl (C=O) groups excluding carboxylic acids is 1. The number of carbonyl (C=O) groups is 1. The largest absolute Gasteiger partial charge is 0.493 e. The summed E-state index contributed by atoms with van der Waals surface area (Å²) in [4.78, 5) is 12.0. The minimum Gasteiger partial charge on any atom is -0.493 e. The Morgan fingerprint density at radius 1 is 0.909 bits per heavy atom. The average Bonchev–Trinajstić information content (AvgIpc) is 2.76. The number of aliphatic hydroxyl groups is 1. The number of ether oxygens (including phenoxy) is 2. The van der Waals surface area contributed by atoms with Crippen LogP contribution in [0.4, 0.5) is 4.79 Å². The average molecular weight is 464 g/mol. The first-order valence-corrected chi connectivity index (χ1v) is 13.2. The zero-order valence-corrected chi connectivity index (χ0v) is 21.7. The molecule has 0 bridgehead atoms. The molecule has 0 aliphatic rings. The number of rotatable bonds is 18. The molecule has 1 aromatic rings. The molecule has 33 heavy (non-hydrogen) atoms. The van der Waals surface area contributed by atoms with Crippen molar-refractivity contribution in [3.63, 3.8) is 0 Å². The second kappa shape index (κ2) is 17.7. The molecule has 0 radical (unpaired) electrons. The van der Waals surface area contributed by atoms with Crippen molar-refractivity contribution in [3.8, 4) is 5.75 Å². The van der Waals surface area contributed by atoms with E-state index in [9.17, 15) is 9.90 Å². The summed E-state index contributed by atoms with van der Waals surface area (Å²) in [6.07, 6.45) is 15.8. The lowest BCUT2D eigenvalue weighted by Gasteiger charge is -2.23. The molecule has 0 aromatic heterocycles. The van der Waals surface area contributed by atoms with Crippen molar-refractivity contribution in [2.45, 2.75) is 123 Å². The van der Waals surface area contributed by atoms with Crippen LogP contribution in [0.15, 0.2) is 24.3 Å². The summed E-state index contributed by atoms with van der Waals surface area (Å²) in [6.45, 7) is 8.25. The number of hydrogen-bond donors (Lipinski definition) is 2. The first-order chi connectivity index (χ1) is 15.9. The van der Waals surface area contributed by atoms with Gasteiger partial charge in [-0.05, 0) is 45.2 Å². The van der Waals surface area contributed by atoms with Crippen LogP contribution in [0.5, 0.6) is 5.75 Å². The molecule has 0 heterocycles. The third-order valence-electron chi connectivity index (χ3n) is 5.64. The van der Waals surface area contributed by atoms with E-state index < -0.39 is 17.7 Å². The highest BCUT2D eigenvalue weighted by molar-refractivity contribution is 5.68. The van der Waals surface area contributed by atoms with Crippen LogP contribution in [0.25, 0.3) is 0 Å². The Balaban J connectivity index is 2.24. The van der Waals surface area contributed by atoms with E-state index in [-0.39, 0.29) is 6.61 Å². The fourth-order valence-electron chi connectivity index (χ4n) is 3.84. The summed E-state index contributed by atoms with van der Waals surface area (Å²) < 4.78 is 11.3. The number of nitrogens with one attached hydrogen (secondary N) is 1. The van der Waals surface area contributed by atoms with Crippen LogP contribution in [-0.4, -0.2) is 36.1 Å². The number of unbranched alkanes of at least 4 members (excludes halogenated alkanes) is 11. The van der Waals surface area contributed by atoms with Crippen molar-refractivity contribution in [2.75, 3.05) is 13.2 Å². The van der Waals surface area contributed by atoms with Gasteiger partial charge in [0.1, 0.15) is 11.4 Å². The Morgan fingerprint density at radius 3 is 2.00 bits per heavy atom. The molecular formula is C28H49NO4. The van der Waals surface area contributed by atoms with E-state index in [0.29, 0.717) is 13.0 Å². The zero-order chi connectivity index (χ0) is 24.4. The SMILES string of the molecule is CCCCCCCCCCCCCCOc1ccccc1CC(CO)NC(=O)OC(C)(C)C. The third-order valence-corrected chi connectivity index (χ3v) is 5.64. The van der Waals surface area contributed by atoms with E-state index in [0.717, 1.165) is 17.7 Å². The molecule has 1 rings (SSSR count). The molecule has 1 atom stereocenters. The molecule has 0 saturated carbocycles. The first-order valence-electron chi connectivity index (χ1n) is 13.2. The normalized spacial score (nSPS) is 12.4. The topological polar surface area (TPSA) is 67.8 Å². The second-order valence-electron chi connectivity index (χ2n) is 10.1. The van der Waals surface area contributed by atoms with Crippen LogP contribution in [-0.2, 0) is 11.2 Å². The van der Waals surface area contributed by atoms with Gasteiger partial charge < -0.3 is 19.9 Å².